The van der Waals surface area contributed by atoms with Crippen LogP contribution < -0.4 is 0 Å². The molecule has 0 aliphatic carbocycles. The standard InChI is InChI=1S/C11H10ClN3S/c1-16-7-9-5-10(12)15-11(14-9)8-3-2-4-13-6-8/h2-6H,7H2,1H3. The summed E-state index contributed by atoms with van der Waals surface area (Å²) < 4.78 is 0. The van der Waals surface area contributed by atoms with E-state index in [1.165, 1.54) is 0 Å². The molecule has 0 radical (unpaired) electrons. The molecule has 0 fully saturated rings. The van der Waals surface area contributed by atoms with E-state index in [1.54, 1.807) is 30.2 Å². The van der Waals surface area contributed by atoms with E-state index in [9.17, 15) is 0 Å². The summed E-state index contributed by atoms with van der Waals surface area (Å²) in [6, 6.07) is 5.56. The van der Waals surface area contributed by atoms with Crippen molar-refractivity contribution in [2.24, 2.45) is 0 Å². The molecule has 2 aromatic heterocycles. The van der Waals surface area contributed by atoms with Gasteiger partial charge in [-0.15, -0.1) is 0 Å². The number of aromatic nitrogens is 3. The van der Waals surface area contributed by atoms with Crippen LogP contribution in [0.25, 0.3) is 11.4 Å². The second-order valence-corrected chi connectivity index (χ2v) is 4.43. The Bertz CT molecular complexity index is 476. The maximum atomic E-state index is 5.95. The summed E-state index contributed by atoms with van der Waals surface area (Å²) in [4.78, 5) is 12.7. The van der Waals surface area contributed by atoms with E-state index < -0.39 is 0 Å². The summed E-state index contributed by atoms with van der Waals surface area (Å²) in [5.74, 6) is 1.46. The third kappa shape index (κ3) is 2.71. The van der Waals surface area contributed by atoms with E-state index in [0.29, 0.717) is 11.0 Å². The van der Waals surface area contributed by atoms with Crippen molar-refractivity contribution in [2.45, 2.75) is 5.75 Å². The zero-order valence-corrected chi connectivity index (χ0v) is 10.3. The Kier molecular flexibility index (Phi) is 3.74. The predicted octanol–water partition coefficient (Wildman–Crippen LogP) is 3.06. The minimum Gasteiger partial charge on any atom is -0.264 e. The molecule has 2 rings (SSSR count). The van der Waals surface area contributed by atoms with Crippen molar-refractivity contribution < 1.29 is 0 Å². The molecular weight excluding hydrogens is 242 g/mol. The van der Waals surface area contributed by atoms with Gasteiger partial charge >= 0.3 is 0 Å². The van der Waals surface area contributed by atoms with Crippen LogP contribution in [0.5, 0.6) is 0 Å². The molecule has 0 atom stereocenters. The Labute approximate surface area is 103 Å². The lowest BCUT2D eigenvalue weighted by Gasteiger charge is -2.03. The van der Waals surface area contributed by atoms with E-state index in [2.05, 4.69) is 15.0 Å². The van der Waals surface area contributed by atoms with Crippen molar-refractivity contribution >= 4 is 23.4 Å². The van der Waals surface area contributed by atoms with Gasteiger partial charge in [-0.3, -0.25) is 4.98 Å². The minimum atomic E-state index is 0.470. The van der Waals surface area contributed by atoms with Gasteiger partial charge < -0.3 is 0 Å². The van der Waals surface area contributed by atoms with Gasteiger partial charge in [-0.05, 0) is 24.5 Å². The molecule has 0 N–H and O–H groups in total. The molecule has 16 heavy (non-hydrogen) atoms. The van der Waals surface area contributed by atoms with Crippen LogP contribution in [-0.2, 0) is 5.75 Å². The van der Waals surface area contributed by atoms with Gasteiger partial charge in [0, 0.05) is 23.7 Å². The lowest BCUT2D eigenvalue weighted by atomic mass is 10.2. The average Bonchev–Trinajstić information content (AvgIpc) is 2.30. The average molecular weight is 252 g/mol. The molecule has 82 valence electrons. The van der Waals surface area contributed by atoms with Crippen molar-refractivity contribution in [3.05, 3.63) is 41.4 Å². The number of pyridine rings is 1. The van der Waals surface area contributed by atoms with E-state index in [4.69, 9.17) is 11.6 Å². The highest BCUT2D eigenvalue weighted by atomic mass is 35.5. The molecule has 0 aliphatic rings. The summed E-state index contributed by atoms with van der Waals surface area (Å²) in [7, 11) is 0. The van der Waals surface area contributed by atoms with E-state index in [1.807, 2.05) is 18.4 Å². The molecule has 0 aromatic carbocycles. The van der Waals surface area contributed by atoms with Crippen LogP contribution in [0.2, 0.25) is 5.15 Å². The highest BCUT2D eigenvalue weighted by Crippen LogP contribution is 2.18. The van der Waals surface area contributed by atoms with Crippen LogP contribution >= 0.6 is 23.4 Å². The second kappa shape index (κ2) is 5.27. The van der Waals surface area contributed by atoms with Crippen LogP contribution in [0.4, 0.5) is 0 Å². The number of hydrogen-bond donors (Lipinski definition) is 0. The molecule has 5 heteroatoms. The third-order valence-corrected chi connectivity index (χ3v) is 2.74. The topological polar surface area (TPSA) is 38.7 Å². The van der Waals surface area contributed by atoms with E-state index >= 15 is 0 Å². The van der Waals surface area contributed by atoms with E-state index in [-0.39, 0.29) is 0 Å². The van der Waals surface area contributed by atoms with Gasteiger partial charge in [0.2, 0.25) is 0 Å². The molecule has 0 saturated heterocycles. The fourth-order valence-electron chi connectivity index (χ4n) is 1.31. The van der Waals surface area contributed by atoms with Crippen molar-refractivity contribution in [1.29, 1.82) is 0 Å². The van der Waals surface area contributed by atoms with E-state index in [0.717, 1.165) is 17.0 Å². The second-order valence-electron chi connectivity index (χ2n) is 3.18. The Morgan fingerprint density at radius 2 is 2.25 bits per heavy atom. The van der Waals surface area contributed by atoms with Crippen molar-refractivity contribution in [1.82, 2.24) is 15.0 Å². The van der Waals surface area contributed by atoms with Crippen LogP contribution in [0.1, 0.15) is 5.69 Å². The lowest BCUT2D eigenvalue weighted by Crippen LogP contribution is -1.95. The number of halogens is 1. The molecule has 2 aromatic rings. The molecule has 0 saturated carbocycles. The number of hydrogen-bond acceptors (Lipinski definition) is 4. The fourth-order valence-corrected chi connectivity index (χ4v) is 1.96. The Morgan fingerprint density at radius 3 is 2.94 bits per heavy atom. The van der Waals surface area contributed by atoms with Gasteiger partial charge in [0.15, 0.2) is 5.82 Å². The van der Waals surface area contributed by atoms with Crippen LogP contribution in [0.15, 0.2) is 30.6 Å². The first kappa shape index (κ1) is 11.4. The summed E-state index contributed by atoms with van der Waals surface area (Å²) in [5.41, 5.74) is 1.82. The number of thioether (sulfide) groups is 1. The van der Waals surface area contributed by atoms with Gasteiger partial charge in [-0.25, -0.2) is 9.97 Å². The van der Waals surface area contributed by atoms with Crippen LogP contribution in [0.3, 0.4) is 0 Å². The highest BCUT2D eigenvalue weighted by molar-refractivity contribution is 7.97. The Morgan fingerprint density at radius 1 is 1.38 bits per heavy atom. The zero-order chi connectivity index (χ0) is 11.4. The lowest BCUT2D eigenvalue weighted by molar-refractivity contribution is 1.09. The quantitative estimate of drug-likeness (QED) is 0.786. The van der Waals surface area contributed by atoms with Crippen molar-refractivity contribution in [3.63, 3.8) is 0 Å². The molecule has 3 nitrogen and oxygen atoms in total. The first-order valence-corrected chi connectivity index (χ1v) is 6.49. The monoisotopic (exact) mass is 251 g/mol. The third-order valence-electron chi connectivity index (χ3n) is 1.96. The van der Waals surface area contributed by atoms with Gasteiger partial charge in [0.25, 0.3) is 0 Å². The first-order chi connectivity index (χ1) is 7.79. The smallest absolute Gasteiger partial charge is 0.162 e. The predicted molar refractivity (Wildman–Crippen MR) is 67.5 cm³/mol. The van der Waals surface area contributed by atoms with Gasteiger partial charge in [-0.2, -0.15) is 11.8 Å². The van der Waals surface area contributed by atoms with Crippen LogP contribution in [-0.4, -0.2) is 21.2 Å². The Balaban J connectivity index is 2.41. The number of nitrogens with zero attached hydrogens (tertiary/aromatic N) is 3. The SMILES string of the molecule is CSCc1cc(Cl)nc(-c2cccnc2)n1. The Hall–Kier alpha value is -1.13. The molecular formula is C11H10ClN3S. The highest BCUT2D eigenvalue weighted by Gasteiger charge is 2.05. The van der Waals surface area contributed by atoms with Crippen molar-refractivity contribution in [3.8, 4) is 11.4 Å². The summed E-state index contributed by atoms with van der Waals surface area (Å²) in [6.45, 7) is 0. The van der Waals surface area contributed by atoms with Crippen molar-refractivity contribution in [2.75, 3.05) is 6.26 Å². The molecule has 2 heterocycles. The van der Waals surface area contributed by atoms with Gasteiger partial charge in [0.1, 0.15) is 5.15 Å². The maximum absolute atomic E-state index is 5.95. The molecule has 0 aliphatic heterocycles. The number of rotatable bonds is 3. The molecule has 0 unspecified atom stereocenters. The molecule has 0 spiro atoms. The normalized spacial score (nSPS) is 10.4. The molecule has 0 bridgehead atoms. The first-order valence-electron chi connectivity index (χ1n) is 4.72. The maximum Gasteiger partial charge on any atom is 0.162 e. The summed E-state index contributed by atoms with van der Waals surface area (Å²) >= 11 is 7.66. The minimum absolute atomic E-state index is 0.470. The van der Waals surface area contributed by atoms with Gasteiger partial charge in [0.05, 0.1) is 5.69 Å². The van der Waals surface area contributed by atoms with Crippen LogP contribution in [0, 0.1) is 0 Å². The summed E-state index contributed by atoms with van der Waals surface area (Å²) in [5, 5.41) is 0.470. The largest absolute Gasteiger partial charge is 0.264 e. The zero-order valence-electron chi connectivity index (χ0n) is 8.72. The molecule has 0 amide bonds. The van der Waals surface area contributed by atoms with Gasteiger partial charge in [-0.1, -0.05) is 11.6 Å². The summed E-state index contributed by atoms with van der Waals surface area (Å²) in [6.07, 6.45) is 5.48. The fraction of sp³-hybridized carbons (Fsp3) is 0.182.